The maximum absolute atomic E-state index is 13.0. The minimum Gasteiger partial charge on any atom is -0.492 e. The molecule has 0 radical (unpaired) electrons. The third-order valence-electron chi connectivity index (χ3n) is 5.11. The Bertz CT molecular complexity index is 940. The Kier molecular flexibility index (Phi) is 6.59. The summed E-state index contributed by atoms with van der Waals surface area (Å²) in [6.07, 6.45) is 1.21. The van der Waals surface area contributed by atoms with Crippen molar-refractivity contribution in [3.8, 4) is 5.75 Å². The zero-order valence-electron chi connectivity index (χ0n) is 17.2. The van der Waals surface area contributed by atoms with Crippen LogP contribution in [0.25, 0.3) is 0 Å². The number of hydrogen-bond acceptors (Lipinski definition) is 4. The Labute approximate surface area is 173 Å². The van der Waals surface area contributed by atoms with E-state index in [1.54, 1.807) is 42.3 Å². The van der Waals surface area contributed by atoms with Gasteiger partial charge >= 0.3 is 0 Å². The molecule has 1 heterocycles. The molecule has 3 rings (SSSR count). The molecule has 1 aliphatic heterocycles. The molecule has 0 aromatic heterocycles. The first-order chi connectivity index (χ1) is 13.8. The van der Waals surface area contributed by atoms with Crippen LogP contribution in [0.4, 0.5) is 0 Å². The predicted octanol–water partition coefficient (Wildman–Crippen LogP) is 2.99. The van der Waals surface area contributed by atoms with E-state index in [0.29, 0.717) is 32.5 Å². The maximum Gasteiger partial charge on any atom is 0.243 e. The van der Waals surface area contributed by atoms with Crippen molar-refractivity contribution in [3.63, 3.8) is 0 Å². The highest BCUT2D eigenvalue weighted by Crippen LogP contribution is 2.27. The lowest BCUT2D eigenvalue weighted by atomic mass is 10.1. The zero-order chi connectivity index (χ0) is 21.0. The van der Waals surface area contributed by atoms with Gasteiger partial charge in [-0.3, -0.25) is 4.79 Å². The molecule has 1 saturated heterocycles. The molecule has 1 aliphatic rings. The van der Waals surface area contributed by atoms with Gasteiger partial charge in [-0.15, -0.1) is 0 Å². The van der Waals surface area contributed by atoms with Crippen LogP contribution in [0.3, 0.4) is 0 Å². The standard InChI is InChI=1S/C22H28N2O4S/c1-17-14-18(2)16-19(15-17)28-13-12-23(3)22(25)21-10-7-11-24(21)29(26,27)20-8-5-4-6-9-20/h4-6,8-9,14-16,21H,7,10-13H2,1-3H3. The predicted molar refractivity (Wildman–Crippen MR) is 112 cm³/mol. The van der Waals surface area contributed by atoms with Gasteiger partial charge in [0, 0.05) is 13.6 Å². The van der Waals surface area contributed by atoms with Gasteiger partial charge in [-0.2, -0.15) is 4.31 Å². The van der Waals surface area contributed by atoms with Gasteiger partial charge in [0.05, 0.1) is 11.4 Å². The normalized spacial score (nSPS) is 17.3. The van der Waals surface area contributed by atoms with Gasteiger partial charge in [0.25, 0.3) is 0 Å². The maximum atomic E-state index is 13.0. The number of benzene rings is 2. The lowest BCUT2D eigenvalue weighted by Gasteiger charge is -2.27. The van der Waals surface area contributed by atoms with E-state index < -0.39 is 16.1 Å². The van der Waals surface area contributed by atoms with Crippen LogP contribution in [0.5, 0.6) is 5.75 Å². The Morgan fingerprint density at radius 2 is 1.79 bits per heavy atom. The summed E-state index contributed by atoms with van der Waals surface area (Å²) in [6.45, 7) is 5.13. The highest BCUT2D eigenvalue weighted by Gasteiger charge is 2.40. The van der Waals surface area contributed by atoms with E-state index in [-0.39, 0.29) is 10.8 Å². The molecule has 29 heavy (non-hydrogen) atoms. The second kappa shape index (κ2) is 8.97. The fraction of sp³-hybridized carbons (Fsp3) is 0.409. The van der Waals surface area contributed by atoms with Gasteiger partial charge in [-0.1, -0.05) is 24.3 Å². The van der Waals surface area contributed by atoms with Crippen molar-refractivity contribution in [1.82, 2.24) is 9.21 Å². The molecule has 0 saturated carbocycles. The Morgan fingerprint density at radius 1 is 1.14 bits per heavy atom. The Hall–Kier alpha value is -2.38. The number of likely N-dealkylation sites (N-methyl/N-ethyl adjacent to an activating group) is 1. The molecule has 2 aromatic carbocycles. The second-order valence-electron chi connectivity index (χ2n) is 7.52. The first-order valence-corrected chi connectivity index (χ1v) is 11.3. The van der Waals surface area contributed by atoms with Crippen LogP contribution < -0.4 is 4.74 Å². The van der Waals surface area contributed by atoms with E-state index in [0.717, 1.165) is 16.9 Å². The molecular weight excluding hydrogens is 388 g/mol. The van der Waals surface area contributed by atoms with Crippen molar-refractivity contribution < 1.29 is 17.9 Å². The van der Waals surface area contributed by atoms with Crippen LogP contribution >= 0.6 is 0 Å². The molecule has 1 amide bonds. The number of carbonyl (C=O) groups excluding carboxylic acids is 1. The fourth-order valence-electron chi connectivity index (χ4n) is 3.68. The average molecular weight is 417 g/mol. The van der Waals surface area contributed by atoms with Crippen LogP contribution in [0.1, 0.15) is 24.0 Å². The summed E-state index contributed by atoms with van der Waals surface area (Å²) in [6, 6.07) is 13.6. The minimum absolute atomic E-state index is 0.189. The number of carbonyl (C=O) groups is 1. The lowest BCUT2D eigenvalue weighted by Crippen LogP contribution is -2.47. The third-order valence-corrected chi connectivity index (χ3v) is 7.03. The van der Waals surface area contributed by atoms with Crippen molar-refractivity contribution in [2.24, 2.45) is 0 Å². The molecule has 1 unspecified atom stereocenters. The van der Waals surface area contributed by atoms with Crippen LogP contribution in [0.15, 0.2) is 53.4 Å². The number of sulfonamides is 1. The molecule has 0 bridgehead atoms. The van der Waals surface area contributed by atoms with Gasteiger partial charge < -0.3 is 9.64 Å². The smallest absolute Gasteiger partial charge is 0.243 e. The Morgan fingerprint density at radius 3 is 2.45 bits per heavy atom. The average Bonchev–Trinajstić information content (AvgIpc) is 3.18. The van der Waals surface area contributed by atoms with E-state index >= 15 is 0 Å². The summed E-state index contributed by atoms with van der Waals surface area (Å²) < 4.78 is 33.1. The van der Waals surface area contributed by atoms with E-state index in [9.17, 15) is 13.2 Å². The number of rotatable bonds is 7. The summed E-state index contributed by atoms with van der Waals surface area (Å²) in [4.78, 5) is 14.7. The minimum atomic E-state index is -3.68. The molecule has 0 N–H and O–H groups in total. The van der Waals surface area contributed by atoms with Gasteiger partial charge in [-0.25, -0.2) is 8.42 Å². The van der Waals surface area contributed by atoms with Gasteiger partial charge in [0.15, 0.2) is 0 Å². The number of ether oxygens (including phenoxy) is 1. The van der Waals surface area contributed by atoms with Crippen LogP contribution in [0.2, 0.25) is 0 Å². The van der Waals surface area contributed by atoms with Gasteiger partial charge in [0.2, 0.25) is 15.9 Å². The molecule has 1 atom stereocenters. The molecule has 7 heteroatoms. The van der Waals surface area contributed by atoms with Crippen molar-refractivity contribution in [2.75, 3.05) is 26.7 Å². The zero-order valence-corrected chi connectivity index (χ0v) is 18.0. The number of amides is 1. The highest BCUT2D eigenvalue weighted by atomic mass is 32.2. The largest absolute Gasteiger partial charge is 0.492 e. The van der Waals surface area contributed by atoms with Crippen LogP contribution in [-0.4, -0.2) is 56.3 Å². The van der Waals surface area contributed by atoms with E-state index in [1.807, 2.05) is 26.0 Å². The van der Waals surface area contributed by atoms with E-state index in [2.05, 4.69) is 6.07 Å². The summed E-state index contributed by atoms with van der Waals surface area (Å²) in [5.74, 6) is 0.587. The molecule has 0 aliphatic carbocycles. The number of aryl methyl sites for hydroxylation is 2. The van der Waals surface area contributed by atoms with Crippen molar-refractivity contribution in [3.05, 3.63) is 59.7 Å². The monoisotopic (exact) mass is 416 g/mol. The molecule has 2 aromatic rings. The van der Waals surface area contributed by atoms with Crippen LogP contribution in [-0.2, 0) is 14.8 Å². The van der Waals surface area contributed by atoms with Crippen molar-refractivity contribution in [2.45, 2.75) is 37.6 Å². The summed E-state index contributed by atoms with van der Waals surface area (Å²) in [7, 11) is -1.99. The second-order valence-corrected chi connectivity index (χ2v) is 9.41. The molecule has 0 spiro atoms. The molecule has 1 fully saturated rings. The van der Waals surface area contributed by atoms with E-state index in [1.165, 1.54) is 4.31 Å². The Balaban J connectivity index is 1.62. The van der Waals surface area contributed by atoms with Crippen LogP contribution in [0, 0.1) is 13.8 Å². The first kappa shape index (κ1) is 21.3. The lowest BCUT2D eigenvalue weighted by molar-refractivity contribution is -0.133. The quantitative estimate of drug-likeness (QED) is 0.696. The van der Waals surface area contributed by atoms with Crippen molar-refractivity contribution >= 4 is 15.9 Å². The summed E-state index contributed by atoms with van der Waals surface area (Å²) in [5, 5.41) is 0. The van der Waals surface area contributed by atoms with E-state index in [4.69, 9.17) is 4.74 Å². The topological polar surface area (TPSA) is 66.9 Å². The first-order valence-electron chi connectivity index (χ1n) is 9.82. The highest BCUT2D eigenvalue weighted by molar-refractivity contribution is 7.89. The number of nitrogens with zero attached hydrogens (tertiary/aromatic N) is 2. The van der Waals surface area contributed by atoms with Gasteiger partial charge in [0.1, 0.15) is 18.4 Å². The van der Waals surface area contributed by atoms with Crippen molar-refractivity contribution in [1.29, 1.82) is 0 Å². The fourth-order valence-corrected chi connectivity index (χ4v) is 5.36. The number of hydrogen-bond donors (Lipinski definition) is 0. The van der Waals surface area contributed by atoms with Gasteiger partial charge in [-0.05, 0) is 62.1 Å². The summed E-state index contributed by atoms with van der Waals surface area (Å²) in [5.41, 5.74) is 2.24. The molecular formula is C22H28N2O4S. The summed E-state index contributed by atoms with van der Waals surface area (Å²) >= 11 is 0. The molecule has 156 valence electrons. The third kappa shape index (κ3) is 4.97. The SMILES string of the molecule is Cc1cc(C)cc(OCCN(C)C(=O)C2CCCN2S(=O)(=O)c2ccccc2)c1. The molecule has 6 nitrogen and oxygen atoms in total.